The molecule has 5 heteroatoms. The zero-order valence-electron chi connectivity index (χ0n) is 25.9. The first kappa shape index (κ1) is 29.2. The largest absolute Gasteiger partial charge is 0.385 e. The topological polar surface area (TPSA) is 12.0 Å². The van der Waals surface area contributed by atoms with Crippen molar-refractivity contribution in [2.75, 3.05) is 11.9 Å². The molecule has 0 amide bonds. The molecule has 8 aromatic rings. The van der Waals surface area contributed by atoms with Gasteiger partial charge in [0, 0.05) is 68.8 Å². The van der Waals surface area contributed by atoms with Gasteiger partial charge >= 0.3 is 0 Å². The average Bonchev–Trinajstić information content (AvgIpc) is 3.82. The van der Waals surface area contributed by atoms with Crippen molar-refractivity contribution in [2.24, 2.45) is 0 Å². The number of benzene rings is 4. The van der Waals surface area contributed by atoms with Gasteiger partial charge in [-0.25, -0.2) is 0 Å². The number of unbranched alkanes of at least 4 members (excludes halogenated alkanes) is 5. The van der Waals surface area contributed by atoms with Crippen LogP contribution in [0.25, 0.3) is 60.2 Å². The average molecular weight is 660 g/mol. The van der Waals surface area contributed by atoms with Crippen molar-refractivity contribution >= 4 is 101 Å². The van der Waals surface area contributed by atoms with E-state index in [4.69, 9.17) is 0 Å². The molecule has 0 spiro atoms. The van der Waals surface area contributed by atoms with E-state index in [-0.39, 0.29) is 0 Å². The third-order valence-electron chi connectivity index (χ3n) is 8.99. The van der Waals surface area contributed by atoms with Crippen LogP contribution in [0.2, 0.25) is 0 Å². The molecule has 4 aromatic carbocycles. The number of hydrogen-bond donors (Lipinski definition) is 1. The zero-order chi connectivity index (χ0) is 30.3. The Kier molecular flexibility index (Phi) is 8.13. The minimum Gasteiger partial charge on any atom is -0.385 e. The number of fused-ring (bicyclic) bond motifs is 9. The Balaban J connectivity index is 1.04. The predicted molar refractivity (Wildman–Crippen MR) is 207 cm³/mol. The van der Waals surface area contributed by atoms with E-state index >= 15 is 0 Å². The van der Waals surface area contributed by atoms with Crippen LogP contribution in [0.3, 0.4) is 0 Å². The summed E-state index contributed by atoms with van der Waals surface area (Å²) in [6, 6.07) is 32.3. The van der Waals surface area contributed by atoms with E-state index in [1.54, 1.807) is 0 Å². The molecule has 0 saturated carbocycles. The Hall–Kier alpha value is -3.22. The molecular weight excluding hydrogens is 623 g/mol. The van der Waals surface area contributed by atoms with Crippen LogP contribution in [0.1, 0.15) is 61.5 Å². The molecule has 1 N–H and O–H groups in total. The van der Waals surface area contributed by atoms with Crippen molar-refractivity contribution in [1.82, 2.24) is 0 Å². The first-order valence-electron chi connectivity index (χ1n) is 16.3. The maximum absolute atomic E-state index is 3.62. The maximum Gasteiger partial charge on any atom is 0.0542 e. The summed E-state index contributed by atoms with van der Waals surface area (Å²) in [6.07, 6.45) is 9.01. The molecule has 0 aliphatic heterocycles. The number of nitrogens with one attached hydrogen (secondary N) is 1. The predicted octanol–water partition coefficient (Wildman–Crippen LogP) is 14.0. The van der Waals surface area contributed by atoms with Crippen LogP contribution in [0, 0.1) is 6.92 Å². The highest BCUT2D eigenvalue weighted by atomic mass is 32.1. The zero-order valence-corrected chi connectivity index (χ0v) is 29.1. The Morgan fingerprint density at radius 3 is 1.91 bits per heavy atom. The number of thiophene rings is 4. The van der Waals surface area contributed by atoms with Gasteiger partial charge in [-0.1, -0.05) is 93.1 Å². The molecule has 4 aromatic heterocycles. The van der Waals surface area contributed by atoms with Crippen molar-refractivity contribution < 1.29 is 0 Å². The van der Waals surface area contributed by atoms with Crippen molar-refractivity contribution in [3.63, 3.8) is 0 Å². The molecule has 0 unspecified atom stereocenters. The summed E-state index contributed by atoms with van der Waals surface area (Å²) >= 11 is 7.83. The van der Waals surface area contributed by atoms with Gasteiger partial charge in [0.25, 0.3) is 0 Å². The van der Waals surface area contributed by atoms with Gasteiger partial charge in [0.2, 0.25) is 0 Å². The van der Waals surface area contributed by atoms with Gasteiger partial charge in [-0.05, 0) is 60.9 Å². The van der Waals surface area contributed by atoms with Gasteiger partial charge in [0.1, 0.15) is 0 Å². The fourth-order valence-corrected chi connectivity index (χ4v) is 11.7. The van der Waals surface area contributed by atoms with Crippen molar-refractivity contribution in [1.29, 1.82) is 0 Å². The lowest BCUT2D eigenvalue weighted by Crippen LogP contribution is -2.01. The molecule has 0 aliphatic rings. The van der Waals surface area contributed by atoms with E-state index < -0.39 is 0 Å². The summed E-state index contributed by atoms with van der Waals surface area (Å²) in [5.41, 5.74) is 5.23. The lowest BCUT2D eigenvalue weighted by molar-refractivity contribution is 0.617. The highest BCUT2D eigenvalue weighted by molar-refractivity contribution is 7.38. The van der Waals surface area contributed by atoms with E-state index in [9.17, 15) is 0 Å². The first-order valence-corrected chi connectivity index (χ1v) is 19.5. The van der Waals surface area contributed by atoms with E-state index in [0.717, 1.165) is 13.0 Å². The van der Waals surface area contributed by atoms with Gasteiger partial charge < -0.3 is 5.32 Å². The summed E-state index contributed by atoms with van der Waals surface area (Å²) in [6.45, 7) is 5.50. The highest BCUT2D eigenvalue weighted by Crippen LogP contribution is 2.50. The molecule has 0 aliphatic carbocycles. The fraction of sp³-hybridized carbons (Fsp3) is 0.250. The summed E-state index contributed by atoms with van der Waals surface area (Å²) in [4.78, 5) is 2.79. The van der Waals surface area contributed by atoms with Crippen LogP contribution in [-0.2, 0) is 6.42 Å². The fourth-order valence-electron chi connectivity index (χ4n) is 6.48. The summed E-state index contributed by atoms with van der Waals surface area (Å²) in [5.74, 6) is 0. The van der Waals surface area contributed by atoms with Gasteiger partial charge in [-0.15, -0.1) is 45.3 Å². The summed E-state index contributed by atoms with van der Waals surface area (Å²) in [7, 11) is 0. The van der Waals surface area contributed by atoms with Crippen LogP contribution in [-0.4, -0.2) is 6.54 Å². The van der Waals surface area contributed by atoms with Crippen LogP contribution < -0.4 is 5.32 Å². The van der Waals surface area contributed by atoms with E-state index in [0.29, 0.717) is 0 Å². The SMILES string of the molecule is CCCCCCCCNc1ccc(Cc2cc3c(ccc4c3sc3c5ccc6sc(-c7ccc(C)cc7)cc6c5sc43)s2)cc1. The molecule has 226 valence electrons. The molecule has 0 atom stereocenters. The Labute approximate surface area is 281 Å². The van der Waals surface area contributed by atoms with E-state index in [2.05, 4.69) is 104 Å². The van der Waals surface area contributed by atoms with Crippen LogP contribution in [0.15, 0.2) is 84.9 Å². The van der Waals surface area contributed by atoms with Gasteiger partial charge in [0.05, 0.1) is 9.40 Å². The summed E-state index contributed by atoms with van der Waals surface area (Å²) in [5, 5.41) is 9.26. The van der Waals surface area contributed by atoms with Gasteiger partial charge in [-0.2, -0.15) is 0 Å². The lowest BCUT2D eigenvalue weighted by Gasteiger charge is -2.07. The Morgan fingerprint density at radius 1 is 0.556 bits per heavy atom. The molecule has 0 bridgehead atoms. The monoisotopic (exact) mass is 659 g/mol. The molecule has 4 heterocycles. The second-order valence-corrected chi connectivity index (χ2v) is 16.6. The quantitative estimate of drug-likeness (QED) is 0.136. The second-order valence-electron chi connectivity index (χ2n) is 12.3. The number of anilines is 1. The van der Waals surface area contributed by atoms with Gasteiger partial charge in [-0.3, -0.25) is 0 Å². The van der Waals surface area contributed by atoms with Crippen LogP contribution in [0.4, 0.5) is 5.69 Å². The summed E-state index contributed by atoms with van der Waals surface area (Å²) < 4.78 is 8.54. The molecular formula is C40H37NS4. The van der Waals surface area contributed by atoms with Crippen molar-refractivity contribution in [2.45, 2.75) is 58.8 Å². The van der Waals surface area contributed by atoms with Crippen molar-refractivity contribution in [3.05, 3.63) is 101 Å². The standard InChI is InChI=1S/C40H37NS4/c1-3-4-5-6-7-8-21-41-28-15-11-26(12-16-28)22-29-23-32-34(42-29)19-17-30-37(32)44-40-31-18-20-35-33(38(31)45-39(30)40)24-36(43-35)27-13-9-25(2)10-14-27/h9-20,23-24,41H,3-8,21-22H2,1-2H3. The molecule has 45 heavy (non-hydrogen) atoms. The van der Waals surface area contributed by atoms with Gasteiger partial charge in [0.15, 0.2) is 0 Å². The number of aryl methyl sites for hydroxylation is 1. The smallest absolute Gasteiger partial charge is 0.0542 e. The van der Waals surface area contributed by atoms with Crippen molar-refractivity contribution in [3.8, 4) is 10.4 Å². The molecule has 1 nitrogen and oxygen atoms in total. The number of rotatable bonds is 11. The van der Waals surface area contributed by atoms with Crippen LogP contribution >= 0.6 is 45.3 Å². The molecule has 0 saturated heterocycles. The number of hydrogen-bond acceptors (Lipinski definition) is 5. The Bertz CT molecular complexity index is 2260. The molecule has 8 rings (SSSR count). The van der Waals surface area contributed by atoms with Crippen LogP contribution in [0.5, 0.6) is 0 Å². The third kappa shape index (κ3) is 5.69. The Morgan fingerprint density at radius 2 is 1.20 bits per heavy atom. The first-order chi connectivity index (χ1) is 22.1. The molecule has 0 fully saturated rings. The van der Waals surface area contributed by atoms with E-state index in [1.165, 1.54) is 120 Å². The minimum atomic E-state index is 0.987. The van der Waals surface area contributed by atoms with E-state index in [1.807, 2.05) is 45.3 Å². The molecule has 0 radical (unpaired) electrons. The maximum atomic E-state index is 3.62. The lowest BCUT2D eigenvalue weighted by atomic mass is 10.1. The normalized spacial score (nSPS) is 12.0. The minimum absolute atomic E-state index is 0.987. The third-order valence-corrected chi connectivity index (χ3v) is 13.9. The second kappa shape index (κ2) is 12.5. The highest BCUT2D eigenvalue weighted by Gasteiger charge is 2.18.